The molecule has 128 valence electrons. The third-order valence-corrected chi connectivity index (χ3v) is 3.30. The van der Waals surface area contributed by atoms with Crippen LogP contribution >= 0.6 is 0 Å². The molecule has 0 bridgehead atoms. The van der Waals surface area contributed by atoms with Crippen LogP contribution in [0.15, 0.2) is 30.3 Å². The number of halogens is 1. The molecule has 0 aliphatic carbocycles. The number of aryl methyl sites for hydroxylation is 1. The van der Waals surface area contributed by atoms with Crippen molar-refractivity contribution in [2.24, 2.45) is 0 Å². The van der Waals surface area contributed by atoms with E-state index in [1.165, 1.54) is 12.1 Å². The van der Waals surface area contributed by atoms with Crippen LogP contribution in [0.5, 0.6) is 0 Å². The number of likely N-dealkylation sites (N-methyl/N-ethyl adjacent to an activating group) is 1. The van der Waals surface area contributed by atoms with Crippen molar-refractivity contribution in [2.45, 2.75) is 13.5 Å². The van der Waals surface area contributed by atoms with Crippen LogP contribution in [0.3, 0.4) is 0 Å². The van der Waals surface area contributed by atoms with E-state index in [0.717, 1.165) is 12.1 Å². The number of amides is 1. The Hall–Kier alpha value is -2.54. The van der Waals surface area contributed by atoms with Gasteiger partial charge in [0.05, 0.1) is 0 Å². The summed E-state index contributed by atoms with van der Waals surface area (Å²) in [5.41, 5.74) is 1.24. The number of benzene rings is 1. The molecule has 0 unspecified atom stereocenters. The topological polar surface area (TPSA) is 70.2 Å². The van der Waals surface area contributed by atoms with E-state index in [1.54, 1.807) is 25.1 Å². The van der Waals surface area contributed by atoms with E-state index in [0.29, 0.717) is 30.4 Å². The first kappa shape index (κ1) is 17.8. The number of nitrogens with zero attached hydrogens (tertiary/aromatic N) is 3. The minimum Gasteiger partial charge on any atom is -0.366 e. The zero-order chi connectivity index (χ0) is 17.5. The van der Waals surface area contributed by atoms with E-state index < -0.39 is 0 Å². The number of aromatic nitrogens is 2. The fourth-order valence-corrected chi connectivity index (χ4v) is 2.05. The third-order valence-electron chi connectivity index (χ3n) is 3.30. The van der Waals surface area contributed by atoms with Crippen molar-refractivity contribution in [2.75, 3.05) is 32.5 Å². The smallest absolute Gasteiger partial charge is 0.270 e. The summed E-state index contributed by atoms with van der Waals surface area (Å²) in [6, 6.07) is 7.83. The van der Waals surface area contributed by atoms with Gasteiger partial charge in [0.2, 0.25) is 0 Å². The summed E-state index contributed by atoms with van der Waals surface area (Å²) in [7, 11) is 3.89. The zero-order valence-corrected chi connectivity index (χ0v) is 14.1. The maximum absolute atomic E-state index is 12.9. The monoisotopic (exact) mass is 331 g/mol. The van der Waals surface area contributed by atoms with Gasteiger partial charge in [0.1, 0.15) is 23.2 Å². The molecule has 6 nitrogen and oxygen atoms in total. The molecule has 0 fully saturated rings. The predicted molar refractivity (Wildman–Crippen MR) is 91.4 cm³/mol. The van der Waals surface area contributed by atoms with Crippen LogP contribution in [-0.4, -0.2) is 48.0 Å². The largest absolute Gasteiger partial charge is 0.366 e. The van der Waals surface area contributed by atoms with Crippen molar-refractivity contribution < 1.29 is 9.18 Å². The number of carbonyl (C=O) groups excluding carboxylic acids is 1. The quantitative estimate of drug-likeness (QED) is 0.810. The Balaban J connectivity index is 1.99. The summed E-state index contributed by atoms with van der Waals surface area (Å²) >= 11 is 0. The van der Waals surface area contributed by atoms with E-state index in [4.69, 9.17) is 0 Å². The highest BCUT2D eigenvalue weighted by Crippen LogP contribution is 2.10. The summed E-state index contributed by atoms with van der Waals surface area (Å²) in [6.45, 7) is 3.52. The summed E-state index contributed by atoms with van der Waals surface area (Å²) < 4.78 is 12.9. The lowest BCUT2D eigenvalue weighted by Crippen LogP contribution is -2.32. The lowest BCUT2D eigenvalue weighted by Gasteiger charge is -2.11. The maximum Gasteiger partial charge on any atom is 0.270 e. The molecule has 1 aromatic carbocycles. The van der Waals surface area contributed by atoms with Gasteiger partial charge in [-0.05, 0) is 38.7 Å². The molecule has 0 saturated carbocycles. The lowest BCUT2D eigenvalue weighted by atomic mass is 10.2. The Morgan fingerprint density at radius 1 is 1.21 bits per heavy atom. The maximum atomic E-state index is 12.9. The molecule has 24 heavy (non-hydrogen) atoms. The Kier molecular flexibility index (Phi) is 6.20. The molecular weight excluding hydrogens is 309 g/mol. The molecular formula is C17H22FN5O. The van der Waals surface area contributed by atoms with Crippen LogP contribution in [0.25, 0.3) is 0 Å². The number of carbonyl (C=O) groups is 1. The molecule has 0 aliphatic heterocycles. The molecule has 0 aliphatic rings. The minimum absolute atomic E-state index is 0.229. The Labute approximate surface area is 141 Å². The fourth-order valence-electron chi connectivity index (χ4n) is 2.05. The first-order valence-electron chi connectivity index (χ1n) is 7.71. The van der Waals surface area contributed by atoms with Crippen LogP contribution in [0.4, 0.5) is 10.2 Å². The van der Waals surface area contributed by atoms with Gasteiger partial charge in [-0.3, -0.25) is 4.79 Å². The second kappa shape index (κ2) is 8.35. The predicted octanol–water partition coefficient (Wildman–Crippen LogP) is 1.83. The van der Waals surface area contributed by atoms with Crippen LogP contribution in [0, 0.1) is 12.7 Å². The highest BCUT2D eigenvalue weighted by molar-refractivity contribution is 5.92. The van der Waals surface area contributed by atoms with Crippen molar-refractivity contribution in [3.8, 4) is 0 Å². The van der Waals surface area contributed by atoms with Crippen LogP contribution in [0.1, 0.15) is 21.9 Å². The van der Waals surface area contributed by atoms with Crippen molar-refractivity contribution >= 4 is 11.7 Å². The van der Waals surface area contributed by atoms with Crippen molar-refractivity contribution in [1.29, 1.82) is 0 Å². The number of hydrogen-bond acceptors (Lipinski definition) is 5. The average Bonchev–Trinajstić information content (AvgIpc) is 2.53. The average molecular weight is 331 g/mol. The SMILES string of the molecule is Cc1nc(NCc2ccc(F)cc2)cc(C(=O)NCCN(C)C)n1. The Morgan fingerprint density at radius 2 is 1.92 bits per heavy atom. The lowest BCUT2D eigenvalue weighted by molar-refractivity contribution is 0.0945. The summed E-state index contributed by atoms with van der Waals surface area (Å²) in [4.78, 5) is 22.6. The Morgan fingerprint density at radius 3 is 2.58 bits per heavy atom. The fraction of sp³-hybridized carbons (Fsp3) is 0.353. The van der Waals surface area contributed by atoms with E-state index >= 15 is 0 Å². The highest BCUT2D eigenvalue weighted by atomic mass is 19.1. The van der Waals surface area contributed by atoms with Crippen LogP contribution in [-0.2, 0) is 6.54 Å². The van der Waals surface area contributed by atoms with Crippen molar-refractivity contribution in [3.63, 3.8) is 0 Å². The van der Waals surface area contributed by atoms with Gasteiger partial charge >= 0.3 is 0 Å². The van der Waals surface area contributed by atoms with Gasteiger partial charge < -0.3 is 15.5 Å². The molecule has 2 N–H and O–H groups in total. The van der Waals surface area contributed by atoms with Crippen LogP contribution in [0.2, 0.25) is 0 Å². The molecule has 0 atom stereocenters. The van der Waals surface area contributed by atoms with E-state index in [-0.39, 0.29) is 11.7 Å². The standard InChI is InChI=1S/C17H22FN5O/c1-12-21-15(17(24)19-8-9-23(2)3)10-16(22-12)20-11-13-4-6-14(18)7-5-13/h4-7,10H,8-9,11H2,1-3H3,(H,19,24)(H,20,21,22). The molecule has 0 spiro atoms. The second-order valence-corrected chi connectivity index (χ2v) is 5.72. The second-order valence-electron chi connectivity index (χ2n) is 5.72. The summed E-state index contributed by atoms with van der Waals surface area (Å²) in [5, 5.41) is 5.95. The third kappa shape index (κ3) is 5.58. The molecule has 7 heteroatoms. The normalized spacial score (nSPS) is 10.7. The molecule has 1 amide bonds. The number of nitrogens with one attached hydrogen (secondary N) is 2. The summed E-state index contributed by atoms with van der Waals surface area (Å²) in [6.07, 6.45) is 0. The number of rotatable bonds is 7. The number of anilines is 1. The van der Waals surface area contributed by atoms with Gasteiger partial charge in [-0.25, -0.2) is 14.4 Å². The highest BCUT2D eigenvalue weighted by Gasteiger charge is 2.10. The van der Waals surface area contributed by atoms with Gasteiger partial charge in [-0.15, -0.1) is 0 Å². The number of hydrogen-bond donors (Lipinski definition) is 2. The van der Waals surface area contributed by atoms with Crippen molar-refractivity contribution in [3.05, 3.63) is 53.2 Å². The molecule has 1 heterocycles. The molecule has 2 aromatic rings. The summed E-state index contributed by atoms with van der Waals surface area (Å²) in [5.74, 6) is 0.571. The van der Waals surface area contributed by atoms with Gasteiger partial charge in [-0.2, -0.15) is 0 Å². The van der Waals surface area contributed by atoms with Gasteiger partial charge in [0.15, 0.2) is 0 Å². The van der Waals surface area contributed by atoms with Crippen LogP contribution < -0.4 is 10.6 Å². The van der Waals surface area contributed by atoms with Gasteiger partial charge in [0, 0.05) is 25.7 Å². The molecule has 2 rings (SSSR count). The first-order valence-corrected chi connectivity index (χ1v) is 7.71. The minimum atomic E-state index is -0.270. The van der Waals surface area contributed by atoms with Crippen molar-refractivity contribution in [1.82, 2.24) is 20.2 Å². The van der Waals surface area contributed by atoms with Gasteiger partial charge in [-0.1, -0.05) is 12.1 Å². The first-order chi connectivity index (χ1) is 11.4. The molecule has 0 radical (unpaired) electrons. The Bertz CT molecular complexity index is 688. The molecule has 1 aromatic heterocycles. The van der Waals surface area contributed by atoms with Gasteiger partial charge in [0.25, 0.3) is 5.91 Å². The zero-order valence-electron chi connectivity index (χ0n) is 14.1. The van der Waals surface area contributed by atoms with E-state index in [9.17, 15) is 9.18 Å². The van der Waals surface area contributed by atoms with E-state index in [2.05, 4.69) is 20.6 Å². The molecule has 0 saturated heterocycles. The van der Waals surface area contributed by atoms with E-state index in [1.807, 2.05) is 19.0 Å².